The van der Waals surface area contributed by atoms with Gasteiger partial charge in [0.15, 0.2) is 0 Å². The Kier molecular flexibility index (Phi) is 2.93. The molecule has 1 aromatic heterocycles. The van der Waals surface area contributed by atoms with Gasteiger partial charge in [0.2, 0.25) is 5.78 Å². The normalized spacial score (nSPS) is 15.4. The number of allylic oxidation sites excluding steroid dienone is 2. The number of benzene rings is 1. The van der Waals surface area contributed by atoms with E-state index in [1.807, 2.05) is 30.3 Å². The second-order valence-corrected chi connectivity index (χ2v) is 4.68. The van der Waals surface area contributed by atoms with Crippen LogP contribution >= 0.6 is 0 Å². The van der Waals surface area contributed by atoms with Crippen LogP contribution in [0, 0.1) is 0 Å². The summed E-state index contributed by atoms with van der Waals surface area (Å²) in [5.41, 5.74) is 1.53. The van der Waals surface area contributed by atoms with Crippen LogP contribution in [0.25, 0.3) is 10.8 Å². The van der Waals surface area contributed by atoms with Gasteiger partial charge in [0, 0.05) is 11.6 Å². The molecule has 2 nitrogen and oxygen atoms in total. The topological polar surface area (TPSA) is 30.0 Å². The number of carbonyl (C=O) groups is 1. The minimum absolute atomic E-state index is 0.103. The lowest BCUT2D eigenvalue weighted by Gasteiger charge is -2.12. The molecule has 0 radical (unpaired) electrons. The number of aromatic nitrogens is 1. The van der Waals surface area contributed by atoms with Crippen molar-refractivity contribution in [3.63, 3.8) is 0 Å². The number of carbonyl (C=O) groups excluding carboxylic acids is 1. The molecule has 3 rings (SSSR count). The van der Waals surface area contributed by atoms with E-state index in [-0.39, 0.29) is 5.78 Å². The van der Waals surface area contributed by atoms with Crippen LogP contribution in [0.3, 0.4) is 0 Å². The number of hydrogen-bond donors (Lipinski definition) is 0. The molecule has 1 aromatic carbocycles. The first-order chi connectivity index (χ1) is 8.86. The molecule has 0 atom stereocenters. The van der Waals surface area contributed by atoms with Crippen LogP contribution in [-0.2, 0) is 0 Å². The molecule has 1 aliphatic carbocycles. The van der Waals surface area contributed by atoms with Crippen LogP contribution < -0.4 is 0 Å². The van der Waals surface area contributed by atoms with Crippen LogP contribution in [0.2, 0.25) is 0 Å². The summed E-state index contributed by atoms with van der Waals surface area (Å²) in [4.78, 5) is 16.8. The maximum atomic E-state index is 12.5. The van der Waals surface area contributed by atoms with Gasteiger partial charge in [-0.05, 0) is 42.7 Å². The Hall–Kier alpha value is -1.96. The smallest absolute Gasteiger partial charge is 0.207 e. The lowest BCUT2D eigenvalue weighted by molar-refractivity contribution is 0.102. The van der Waals surface area contributed by atoms with Gasteiger partial charge >= 0.3 is 0 Å². The molecule has 0 saturated carbocycles. The summed E-state index contributed by atoms with van der Waals surface area (Å²) in [7, 11) is 0. The van der Waals surface area contributed by atoms with Crippen LogP contribution in [0.4, 0.5) is 0 Å². The molecule has 0 spiro atoms. The lowest BCUT2D eigenvalue weighted by atomic mass is 9.93. The van der Waals surface area contributed by atoms with Crippen molar-refractivity contribution in [2.45, 2.75) is 25.7 Å². The SMILES string of the molecule is O=C(C1=CCCCC1)c1nccc2ccccc12. The van der Waals surface area contributed by atoms with E-state index in [4.69, 9.17) is 0 Å². The van der Waals surface area contributed by atoms with E-state index in [1.165, 1.54) is 6.42 Å². The summed E-state index contributed by atoms with van der Waals surface area (Å²) in [6.07, 6.45) is 8.02. The first-order valence-electron chi connectivity index (χ1n) is 6.44. The average Bonchev–Trinajstić information content (AvgIpc) is 2.47. The van der Waals surface area contributed by atoms with E-state index >= 15 is 0 Å². The van der Waals surface area contributed by atoms with Crippen LogP contribution in [0.1, 0.15) is 36.2 Å². The Bertz CT molecular complexity index is 623. The molecule has 0 bridgehead atoms. The summed E-state index contributed by atoms with van der Waals surface area (Å²) in [5, 5.41) is 2.03. The largest absolute Gasteiger partial charge is 0.287 e. The van der Waals surface area contributed by atoms with Crippen LogP contribution in [-0.4, -0.2) is 10.8 Å². The fourth-order valence-corrected chi connectivity index (χ4v) is 2.50. The van der Waals surface area contributed by atoms with E-state index in [2.05, 4.69) is 11.1 Å². The summed E-state index contributed by atoms with van der Waals surface area (Å²) >= 11 is 0. The quantitative estimate of drug-likeness (QED) is 0.741. The summed E-state index contributed by atoms with van der Waals surface area (Å²) in [5.74, 6) is 0.103. The van der Waals surface area contributed by atoms with Gasteiger partial charge in [-0.2, -0.15) is 0 Å². The number of nitrogens with zero attached hydrogens (tertiary/aromatic N) is 1. The molecule has 0 saturated heterocycles. The van der Waals surface area contributed by atoms with Gasteiger partial charge in [-0.1, -0.05) is 30.3 Å². The highest BCUT2D eigenvalue weighted by molar-refractivity contribution is 6.14. The van der Waals surface area contributed by atoms with Crippen molar-refractivity contribution >= 4 is 16.6 Å². The zero-order chi connectivity index (χ0) is 12.4. The first-order valence-corrected chi connectivity index (χ1v) is 6.44. The van der Waals surface area contributed by atoms with E-state index < -0.39 is 0 Å². The van der Waals surface area contributed by atoms with Gasteiger partial charge in [-0.15, -0.1) is 0 Å². The van der Waals surface area contributed by atoms with Crippen molar-refractivity contribution in [3.8, 4) is 0 Å². The van der Waals surface area contributed by atoms with Gasteiger partial charge < -0.3 is 0 Å². The molecule has 0 amide bonds. The van der Waals surface area contributed by atoms with E-state index in [0.29, 0.717) is 5.69 Å². The molecule has 0 N–H and O–H groups in total. The van der Waals surface area contributed by atoms with E-state index in [1.54, 1.807) is 6.20 Å². The molecule has 90 valence electrons. The maximum absolute atomic E-state index is 12.5. The first kappa shape index (κ1) is 11.1. The van der Waals surface area contributed by atoms with E-state index in [0.717, 1.165) is 35.6 Å². The minimum Gasteiger partial charge on any atom is -0.287 e. The fraction of sp³-hybridized carbons (Fsp3) is 0.250. The number of pyridine rings is 1. The van der Waals surface area contributed by atoms with Gasteiger partial charge in [0.1, 0.15) is 5.69 Å². The van der Waals surface area contributed by atoms with Crippen molar-refractivity contribution in [2.75, 3.05) is 0 Å². The van der Waals surface area contributed by atoms with Gasteiger partial charge in [0.25, 0.3) is 0 Å². The monoisotopic (exact) mass is 237 g/mol. The Labute approximate surface area is 106 Å². The Morgan fingerprint density at radius 1 is 1.11 bits per heavy atom. The van der Waals surface area contributed by atoms with Crippen LogP contribution in [0.5, 0.6) is 0 Å². The second-order valence-electron chi connectivity index (χ2n) is 4.68. The predicted molar refractivity (Wildman–Crippen MR) is 72.6 cm³/mol. The van der Waals surface area contributed by atoms with Crippen molar-refractivity contribution in [3.05, 3.63) is 53.9 Å². The molecular weight excluding hydrogens is 222 g/mol. The third-order valence-electron chi connectivity index (χ3n) is 3.47. The fourth-order valence-electron chi connectivity index (χ4n) is 2.50. The van der Waals surface area contributed by atoms with Crippen molar-refractivity contribution in [1.82, 2.24) is 4.98 Å². The number of hydrogen-bond acceptors (Lipinski definition) is 2. The molecule has 0 unspecified atom stereocenters. The number of fused-ring (bicyclic) bond motifs is 1. The predicted octanol–water partition coefficient (Wildman–Crippen LogP) is 3.92. The Morgan fingerprint density at radius 3 is 2.83 bits per heavy atom. The molecular formula is C16H15NO. The minimum atomic E-state index is 0.103. The molecule has 2 heteroatoms. The molecule has 2 aromatic rings. The molecule has 0 fully saturated rings. The third kappa shape index (κ3) is 1.94. The molecule has 1 aliphatic rings. The average molecular weight is 237 g/mol. The van der Waals surface area contributed by atoms with Crippen molar-refractivity contribution < 1.29 is 4.79 Å². The molecule has 0 aliphatic heterocycles. The highest BCUT2D eigenvalue weighted by Crippen LogP contribution is 2.24. The zero-order valence-corrected chi connectivity index (χ0v) is 10.2. The molecule has 18 heavy (non-hydrogen) atoms. The number of Topliss-reactive ketones (excluding diaryl/α,β-unsaturated/α-hetero) is 1. The van der Waals surface area contributed by atoms with E-state index in [9.17, 15) is 4.79 Å². The van der Waals surface area contributed by atoms with Gasteiger partial charge in [-0.25, -0.2) is 0 Å². The number of rotatable bonds is 2. The van der Waals surface area contributed by atoms with Crippen LogP contribution in [0.15, 0.2) is 48.2 Å². The summed E-state index contributed by atoms with van der Waals surface area (Å²) in [6.45, 7) is 0. The van der Waals surface area contributed by atoms with Gasteiger partial charge in [-0.3, -0.25) is 9.78 Å². The van der Waals surface area contributed by atoms with Gasteiger partial charge in [0.05, 0.1) is 0 Å². The second kappa shape index (κ2) is 4.73. The lowest BCUT2D eigenvalue weighted by Crippen LogP contribution is -2.08. The third-order valence-corrected chi connectivity index (χ3v) is 3.47. The Morgan fingerprint density at radius 2 is 2.00 bits per heavy atom. The summed E-state index contributed by atoms with van der Waals surface area (Å²) < 4.78 is 0. The highest BCUT2D eigenvalue weighted by atomic mass is 16.1. The van der Waals surface area contributed by atoms with Crippen molar-refractivity contribution in [1.29, 1.82) is 0 Å². The maximum Gasteiger partial charge on any atom is 0.207 e. The van der Waals surface area contributed by atoms with Crippen molar-refractivity contribution in [2.24, 2.45) is 0 Å². The Balaban J connectivity index is 2.09. The highest BCUT2D eigenvalue weighted by Gasteiger charge is 2.17. The number of ketones is 1. The standard InChI is InChI=1S/C16H15NO/c18-16(13-7-2-1-3-8-13)15-14-9-5-4-6-12(14)10-11-17-15/h4-7,9-11H,1-3,8H2. The summed E-state index contributed by atoms with van der Waals surface area (Å²) in [6, 6.07) is 9.87. The molecule has 1 heterocycles. The zero-order valence-electron chi connectivity index (χ0n) is 10.2.